The molecular weight excluding hydrogens is 262 g/mol. The summed E-state index contributed by atoms with van der Waals surface area (Å²) in [5.41, 5.74) is 0.362. The van der Waals surface area contributed by atoms with Crippen LogP contribution in [0, 0.1) is 0 Å². The third-order valence-corrected chi connectivity index (χ3v) is 3.39. The fourth-order valence-corrected chi connectivity index (χ4v) is 2.15. The number of hydrogen-bond acceptors (Lipinski definition) is 2. The molecule has 2 unspecified atom stereocenters. The predicted octanol–water partition coefficient (Wildman–Crippen LogP) is 2.98. The maximum atomic E-state index is 12.9. The zero-order valence-electron chi connectivity index (χ0n) is 10.3. The Kier molecular flexibility index (Phi) is 3.53. The summed E-state index contributed by atoms with van der Waals surface area (Å²) in [6.07, 6.45) is -9.91. The van der Waals surface area contributed by atoms with Gasteiger partial charge in [0.1, 0.15) is 0 Å². The van der Waals surface area contributed by atoms with E-state index in [4.69, 9.17) is 0 Å². The van der Waals surface area contributed by atoms with Crippen LogP contribution in [0.2, 0.25) is 0 Å². The second kappa shape index (κ2) is 4.24. The van der Waals surface area contributed by atoms with E-state index in [1.54, 1.807) is 0 Å². The molecule has 0 aromatic heterocycles. The first-order chi connectivity index (χ1) is 7.89. The van der Waals surface area contributed by atoms with Crippen LogP contribution in [-0.2, 0) is 0 Å². The Hall–Kier alpha value is -1.08. The van der Waals surface area contributed by atoms with E-state index in [1.807, 2.05) is 0 Å². The van der Waals surface area contributed by atoms with Gasteiger partial charge >= 0.3 is 12.4 Å². The minimum Gasteiger partial charge on any atom is -0.363 e. The van der Waals surface area contributed by atoms with Crippen LogP contribution in [0.1, 0.15) is 13.8 Å². The smallest absolute Gasteiger partial charge is 0.363 e. The largest absolute Gasteiger partial charge is 0.411 e. The summed E-state index contributed by atoms with van der Waals surface area (Å²) in [6, 6.07) is -5.18. The third-order valence-electron chi connectivity index (χ3n) is 3.39. The van der Waals surface area contributed by atoms with E-state index >= 15 is 0 Å². The molecule has 0 bridgehead atoms. The summed E-state index contributed by atoms with van der Waals surface area (Å²) in [4.78, 5) is 1.29. The second-order valence-electron chi connectivity index (χ2n) is 4.37. The molecule has 0 fully saturated rings. The lowest BCUT2D eigenvalue weighted by Crippen LogP contribution is -2.64. The molecule has 2 atom stereocenters. The molecule has 106 valence electrons. The Morgan fingerprint density at radius 2 is 0.944 bits per heavy atom. The van der Waals surface area contributed by atoms with Gasteiger partial charge in [0, 0.05) is 25.5 Å². The molecule has 18 heavy (non-hydrogen) atoms. The van der Waals surface area contributed by atoms with E-state index in [-0.39, 0.29) is 11.4 Å². The van der Waals surface area contributed by atoms with Gasteiger partial charge in [-0.05, 0) is 13.8 Å². The molecule has 0 N–H and O–H groups in total. The van der Waals surface area contributed by atoms with Crippen LogP contribution in [0.5, 0.6) is 0 Å². The Balaban J connectivity index is 3.37. The van der Waals surface area contributed by atoms with E-state index in [0.717, 1.165) is 14.1 Å². The number of nitrogens with zero attached hydrogens (tertiary/aromatic N) is 2. The molecule has 2 nitrogen and oxygen atoms in total. The molecule has 1 aliphatic heterocycles. The van der Waals surface area contributed by atoms with E-state index in [2.05, 4.69) is 0 Å². The molecule has 0 aliphatic carbocycles. The average molecular weight is 276 g/mol. The number of hydrogen-bond donors (Lipinski definition) is 0. The van der Waals surface area contributed by atoms with Crippen molar-refractivity contribution in [2.45, 2.75) is 38.3 Å². The lowest BCUT2D eigenvalue weighted by atomic mass is 9.99. The molecule has 1 rings (SSSR count). The molecule has 1 aliphatic rings. The summed E-state index contributed by atoms with van der Waals surface area (Å²) in [5, 5.41) is 0. The fourth-order valence-electron chi connectivity index (χ4n) is 2.15. The highest BCUT2D eigenvalue weighted by Gasteiger charge is 2.60. The topological polar surface area (TPSA) is 6.48 Å². The van der Waals surface area contributed by atoms with Crippen molar-refractivity contribution in [1.29, 1.82) is 0 Å². The van der Waals surface area contributed by atoms with Crippen molar-refractivity contribution in [3.05, 3.63) is 11.4 Å². The van der Waals surface area contributed by atoms with Crippen LogP contribution in [0.25, 0.3) is 0 Å². The standard InChI is InChI=1S/C10H14F6N2/c1-5-6(2)18(4)8(10(14,15)16)7(17(5)3)9(11,12)13/h7-8H,1-4H3. The van der Waals surface area contributed by atoms with Crippen molar-refractivity contribution in [2.24, 2.45) is 0 Å². The first-order valence-electron chi connectivity index (χ1n) is 5.15. The summed E-state index contributed by atoms with van der Waals surface area (Å²) in [6.45, 7) is 2.74. The highest BCUT2D eigenvalue weighted by molar-refractivity contribution is 5.18. The number of likely N-dealkylation sites (N-methyl/N-ethyl adjacent to an activating group) is 2. The SMILES string of the molecule is CC1=C(C)N(C)C(C(F)(F)F)C(C(F)(F)F)N1C. The van der Waals surface area contributed by atoms with E-state index in [9.17, 15) is 26.3 Å². The molecule has 1 heterocycles. The van der Waals surface area contributed by atoms with E-state index in [1.165, 1.54) is 13.8 Å². The van der Waals surface area contributed by atoms with Crippen LogP contribution >= 0.6 is 0 Å². The normalized spacial score (nSPS) is 27.0. The van der Waals surface area contributed by atoms with Crippen molar-refractivity contribution < 1.29 is 26.3 Å². The molecule has 0 aromatic rings. The predicted molar refractivity (Wildman–Crippen MR) is 53.6 cm³/mol. The van der Waals surface area contributed by atoms with Gasteiger partial charge in [0.25, 0.3) is 0 Å². The molecule has 0 saturated heterocycles. The van der Waals surface area contributed by atoms with Gasteiger partial charge in [-0.25, -0.2) is 0 Å². The van der Waals surface area contributed by atoms with Gasteiger partial charge < -0.3 is 9.80 Å². The van der Waals surface area contributed by atoms with Gasteiger partial charge in [-0.3, -0.25) is 0 Å². The monoisotopic (exact) mass is 276 g/mol. The van der Waals surface area contributed by atoms with Gasteiger partial charge in [-0.2, -0.15) is 26.3 Å². The second-order valence-corrected chi connectivity index (χ2v) is 4.37. The first kappa shape index (κ1) is 15.0. The molecule has 0 spiro atoms. The summed E-state index contributed by atoms with van der Waals surface area (Å²) < 4.78 is 77.1. The lowest BCUT2D eigenvalue weighted by molar-refractivity contribution is -0.255. The first-order valence-corrected chi connectivity index (χ1v) is 5.15. The van der Waals surface area contributed by atoms with Crippen molar-refractivity contribution in [3.8, 4) is 0 Å². The summed E-state index contributed by atoms with van der Waals surface area (Å²) in [7, 11) is 2.06. The average Bonchev–Trinajstić information content (AvgIpc) is 2.16. The van der Waals surface area contributed by atoms with Gasteiger partial charge in [-0.15, -0.1) is 0 Å². The van der Waals surface area contributed by atoms with E-state index < -0.39 is 24.4 Å². The molecule has 0 aromatic carbocycles. The maximum Gasteiger partial charge on any atom is 0.411 e. The maximum absolute atomic E-state index is 12.9. The van der Waals surface area contributed by atoms with Crippen molar-refractivity contribution >= 4 is 0 Å². The highest BCUT2D eigenvalue weighted by atomic mass is 19.4. The van der Waals surface area contributed by atoms with Crippen molar-refractivity contribution in [2.75, 3.05) is 14.1 Å². The number of rotatable bonds is 0. The summed E-state index contributed by atoms with van der Waals surface area (Å²) in [5.74, 6) is 0. The molecule has 0 saturated carbocycles. The van der Waals surface area contributed by atoms with Crippen molar-refractivity contribution in [1.82, 2.24) is 9.80 Å². The Bertz CT molecular complexity index is 322. The van der Waals surface area contributed by atoms with Gasteiger partial charge in [-0.1, -0.05) is 0 Å². The Morgan fingerprint density at radius 1 is 0.722 bits per heavy atom. The molecule has 8 heteroatoms. The quantitative estimate of drug-likeness (QED) is 0.628. The minimum absolute atomic E-state index is 0.181. The number of halogens is 6. The zero-order chi connectivity index (χ0) is 14.5. The highest BCUT2D eigenvalue weighted by Crippen LogP contribution is 2.42. The van der Waals surface area contributed by atoms with Crippen LogP contribution in [0.4, 0.5) is 26.3 Å². The zero-order valence-corrected chi connectivity index (χ0v) is 10.3. The van der Waals surface area contributed by atoms with Crippen LogP contribution in [0.15, 0.2) is 11.4 Å². The number of alkyl halides is 6. The van der Waals surface area contributed by atoms with E-state index in [0.29, 0.717) is 9.80 Å². The minimum atomic E-state index is -4.95. The third kappa shape index (κ3) is 2.37. The molecular formula is C10H14F6N2. The van der Waals surface area contributed by atoms with Gasteiger partial charge in [0.2, 0.25) is 0 Å². The Labute approximate surface area is 101 Å². The van der Waals surface area contributed by atoms with Crippen molar-refractivity contribution in [3.63, 3.8) is 0 Å². The fraction of sp³-hybridized carbons (Fsp3) is 0.800. The van der Waals surface area contributed by atoms with Crippen LogP contribution in [-0.4, -0.2) is 48.3 Å². The molecule has 0 amide bonds. The Morgan fingerprint density at radius 3 is 1.11 bits per heavy atom. The van der Waals surface area contributed by atoms with Gasteiger partial charge in [0.05, 0.1) is 0 Å². The molecule has 0 radical (unpaired) electrons. The van der Waals surface area contributed by atoms with Crippen LogP contribution < -0.4 is 0 Å². The lowest BCUT2D eigenvalue weighted by Gasteiger charge is -2.48. The van der Waals surface area contributed by atoms with Gasteiger partial charge in [0.15, 0.2) is 12.1 Å². The number of allylic oxidation sites excluding steroid dienone is 2. The summed E-state index contributed by atoms with van der Waals surface area (Å²) >= 11 is 0. The van der Waals surface area contributed by atoms with Crippen LogP contribution in [0.3, 0.4) is 0 Å².